The number of para-hydroxylation sites is 1. The summed E-state index contributed by atoms with van der Waals surface area (Å²) in [6, 6.07) is 8.67. The number of fused-ring (bicyclic) bond motifs is 1. The van der Waals surface area contributed by atoms with E-state index >= 15 is 0 Å². The van der Waals surface area contributed by atoms with Crippen LogP contribution in [0.3, 0.4) is 0 Å². The highest BCUT2D eigenvalue weighted by Gasteiger charge is 2.27. The van der Waals surface area contributed by atoms with E-state index in [1.54, 1.807) is 42.1 Å². The number of imidazole rings is 1. The van der Waals surface area contributed by atoms with E-state index in [-0.39, 0.29) is 25.6 Å². The molecule has 0 amide bonds. The number of anilines is 1. The lowest BCUT2D eigenvalue weighted by Gasteiger charge is -2.22. The molecule has 12 heteroatoms. The number of esters is 1. The molecule has 11 nitrogen and oxygen atoms in total. The van der Waals surface area contributed by atoms with Gasteiger partial charge in [-0.15, -0.1) is 0 Å². The Morgan fingerprint density at radius 1 is 1.26 bits per heavy atom. The van der Waals surface area contributed by atoms with Crippen LogP contribution in [0.25, 0.3) is 11.2 Å². The van der Waals surface area contributed by atoms with Crippen LogP contribution in [0.4, 0.5) is 5.82 Å². The number of nitrogens with zero attached hydrogens (tertiary/aromatic N) is 4. The molecule has 0 unspecified atom stereocenters. The summed E-state index contributed by atoms with van der Waals surface area (Å²) in [4.78, 5) is 24.0. The topological polar surface area (TPSA) is 143 Å². The van der Waals surface area contributed by atoms with Crippen molar-refractivity contribution < 1.29 is 23.4 Å². The van der Waals surface area contributed by atoms with E-state index in [1.165, 1.54) is 6.33 Å². The van der Waals surface area contributed by atoms with Crippen molar-refractivity contribution >= 4 is 30.5 Å². The number of rotatable bonds is 11. The second-order valence-corrected chi connectivity index (χ2v) is 8.76. The molecule has 0 spiro atoms. The molecule has 0 bridgehead atoms. The predicted molar refractivity (Wildman–Crippen MR) is 114 cm³/mol. The number of carbonyl (C=O) groups is 1. The van der Waals surface area contributed by atoms with Crippen LogP contribution < -0.4 is 15.3 Å². The second kappa shape index (κ2) is 10.3. The van der Waals surface area contributed by atoms with Gasteiger partial charge in [-0.25, -0.2) is 20.0 Å². The first-order valence-corrected chi connectivity index (χ1v) is 11.5. The van der Waals surface area contributed by atoms with Crippen LogP contribution in [0.5, 0.6) is 5.75 Å². The minimum absolute atomic E-state index is 0.227. The molecule has 0 aliphatic rings. The molecule has 3 aromatic rings. The molecule has 1 aromatic carbocycles. The summed E-state index contributed by atoms with van der Waals surface area (Å²) in [5.74, 6) is 0.155. The molecule has 2 atom stereocenters. The molecule has 0 aliphatic heterocycles. The van der Waals surface area contributed by atoms with Crippen LogP contribution in [-0.2, 0) is 25.4 Å². The number of nitrogen functional groups attached to an aromatic ring is 1. The second-order valence-electron chi connectivity index (χ2n) is 6.65. The number of hydrogen-bond donors (Lipinski definition) is 2. The summed E-state index contributed by atoms with van der Waals surface area (Å²) in [7, 11) is -3.56. The molecule has 2 aromatic heterocycles. The van der Waals surface area contributed by atoms with Gasteiger partial charge in [-0.2, -0.15) is 0 Å². The zero-order valence-electron chi connectivity index (χ0n) is 17.3. The summed E-state index contributed by atoms with van der Waals surface area (Å²) in [6.45, 7) is 3.86. The van der Waals surface area contributed by atoms with E-state index in [1.807, 2.05) is 13.0 Å². The van der Waals surface area contributed by atoms with Gasteiger partial charge in [-0.1, -0.05) is 18.2 Å². The molecule has 0 aliphatic carbocycles. The molecule has 3 rings (SSSR count). The number of ether oxygens (including phenoxy) is 2. The molecular formula is C19H25N6O5P. The normalized spacial score (nSPS) is 14.1. The third-order valence-corrected chi connectivity index (χ3v) is 5.81. The van der Waals surface area contributed by atoms with E-state index in [4.69, 9.17) is 19.7 Å². The van der Waals surface area contributed by atoms with Crippen molar-refractivity contribution in [1.82, 2.24) is 24.6 Å². The maximum absolute atomic E-state index is 13.3. The molecule has 0 saturated carbocycles. The van der Waals surface area contributed by atoms with Crippen LogP contribution in [0, 0.1) is 0 Å². The smallest absolute Gasteiger partial charge is 0.342 e. The van der Waals surface area contributed by atoms with Gasteiger partial charge < -0.3 is 24.3 Å². The van der Waals surface area contributed by atoms with Crippen LogP contribution in [0.1, 0.15) is 13.8 Å². The van der Waals surface area contributed by atoms with Gasteiger partial charge in [0.1, 0.15) is 30.5 Å². The fraction of sp³-hybridized carbons (Fsp3) is 0.368. The average molecular weight is 448 g/mol. The zero-order chi connectivity index (χ0) is 22.3. The van der Waals surface area contributed by atoms with E-state index in [2.05, 4.69) is 20.0 Å². The van der Waals surface area contributed by atoms with Crippen molar-refractivity contribution in [2.24, 2.45) is 0 Å². The van der Waals surface area contributed by atoms with Gasteiger partial charge in [0.2, 0.25) is 0 Å². The molecule has 0 fully saturated rings. The Hall–Kier alpha value is -3.01. The lowest BCUT2D eigenvalue weighted by molar-refractivity contribution is -0.141. The van der Waals surface area contributed by atoms with Crippen molar-refractivity contribution in [2.75, 3.05) is 25.2 Å². The number of nitrogens with two attached hydrogens (primary N) is 1. The Balaban J connectivity index is 1.65. The van der Waals surface area contributed by atoms with Crippen molar-refractivity contribution in [2.45, 2.75) is 26.5 Å². The number of aromatic nitrogens is 4. The summed E-state index contributed by atoms with van der Waals surface area (Å²) in [6.07, 6.45) is 2.33. The van der Waals surface area contributed by atoms with Crippen molar-refractivity contribution in [3.8, 4) is 5.75 Å². The lowest BCUT2D eigenvalue weighted by Crippen LogP contribution is -2.27. The van der Waals surface area contributed by atoms with Crippen LogP contribution in [-0.4, -0.2) is 51.1 Å². The Bertz CT molecular complexity index is 1060. The number of nitrogens with one attached hydrogen (secondary N) is 1. The van der Waals surface area contributed by atoms with Gasteiger partial charge in [-0.05, 0) is 26.0 Å². The van der Waals surface area contributed by atoms with E-state index in [9.17, 15) is 9.36 Å². The van der Waals surface area contributed by atoms with Crippen molar-refractivity contribution in [3.63, 3.8) is 0 Å². The van der Waals surface area contributed by atoms with Gasteiger partial charge in [0.25, 0.3) is 0 Å². The number of hydrogen-bond acceptors (Lipinski definition) is 9. The molecule has 166 valence electrons. The van der Waals surface area contributed by atoms with Crippen LogP contribution >= 0.6 is 7.52 Å². The number of benzene rings is 1. The fourth-order valence-electron chi connectivity index (χ4n) is 2.74. The van der Waals surface area contributed by atoms with Crippen molar-refractivity contribution in [3.05, 3.63) is 43.0 Å². The quantitative estimate of drug-likeness (QED) is 0.331. The molecule has 31 heavy (non-hydrogen) atoms. The first-order chi connectivity index (χ1) is 14.9. The van der Waals surface area contributed by atoms with Gasteiger partial charge in [0, 0.05) is 0 Å². The number of carbonyl (C=O) groups excluding carboxylic acids is 1. The third kappa shape index (κ3) is 6.24. The zero-order valence-corrected chi connectivity index (χ0v) is 18.2. The van der Waals surface area contributed by atoms with Crippen LogP contribution in [0.15, 0.2) is 43.0 Å². The minimum atomic E-state index is -3.56. The molecule has 0 radical (unpaired) electrons. The maximum atomic E-state index is 13.3. The average Bonchev–Trinajstić information content (AvgIpc) is 3.16. The van der Waals surface area contributed by atoms with Crippen LogP contribution in [0.2, 0.25) is 0 Å². The van der Waals surface area contributed by atoms with Gasteiger partial charge in [0.05, 0.1) is 25.6 Å². The molecular weight excluding hydrogens is 423 g/mol. The highest BCUT2D eigenvalue weighted by Crippen LogP contribution is 2.43. The SMILES string of the molecule is CCOC(=O)CN[P@](=O)(CO[C@H](C)Cn1cnc2c(N)ncnc21)Oc1ccccc1. The minimum Gasteiger partial charge on any atom is -0.465 e. The summed E-state index contributed by atoms with van der Waals surface area (Å²) >= 11 is 0. The fourth-order valence-corrected chi connectivity index (χ4v) is 4.23. The molecule has 3 N–H and O–H groups in total. The van der Waals surface area contributed by atoms with E-state index in [0.29, 0.717) is 29.3 Å². The molecule has 0 saturated heterocycles. The first kappa shape index (κ1) is 22.7. The van der Waals surface area contributed by atoms with Gasteiger partial charge in [-0.3, -0.25) is 9.36 Å². The van der Waals surface area contributed by atoms with Gasteiger partial charge in [0.15, 0.2) is 11.5 Å². The van der Waals surface area contributed by atoms with Crippen molar-refractivity contribution in [1.29, 1.82) is 0 Å². The highest BCUT2D eigenvalue weighted by molar-refractivity contribution is 7.57. The Kier molecular flexibility index (Phi) is 7.56. The summed E-state index contributed by atoms with van der Waals surface area (Å²) in [5.41, 5.74) is 6.89. The summed E-state index contributed by atoms with van der Waals surface area (Å²) in [5, 5.41) is 2.66. The first-order valence-electron chi connectivity index (χ1n) is 9.67. The highest BCUT2D eigenvalue weighted by atomic mass is 31.2. The summed E-state index contributed by atoms with van der Waals surface area (Å²) < 4.78 is 31.4. The monoisotopic (exact) mass is 448 g/mol. The lowest BCUT2D eigenvalue weighted by atomic mass is 10.3. The molecule has 2 heterocycles. The maximum Gasteiger partial charge on any atom is 0.342 e. The Morgan fingerprint density at radius 3 is 2.77 bits per heavy atom. The Labute approximate surface area is 179 Å². The van der Waals surface area contributed by atoms with E-state index < -0.39 is 13.5 Å². The largest absolute Gasteiger partial charge is 0.465 e. The third-order valence-electron chi connectivity index (χ3n) is 4.18. The Morgan fingerprint density at radius 2 is 2.03 bits per heavy atom. The van der Waals surface area contributed by atoms with Gasteiger partial charge >= 0.3 is 13.5 Å². The predicted octanol–water partition coefficient (Wildman–Crippen LogP) is 2.20. The standard InChI is InChI=1S/C19H25N6O5P/c1-3-28-16(26)9-24-31(27,30-15-7-5-4-6-8-15)13-29-14(2)10-25-12-23-17-18(20)21-11-22-19(17)25/h4-8,11-12,14H,3,9-10,13H2,1-2H3,(H,24,27)(H2,20,21,22)/t14-,31+/m1/s1. The van der Waals surface area contributed by atoms with E-state index in [0.717, 1.165) is 0 Å².